The number of hydrogen-bond acceptors (Lipinski definition) is 1. The molecule has 0 unspecified atom stereocenters. The van der Waals surface area contributed by atoms with Crippen LogP contribution in [-0.4, -0.2) is 25.0 Å². The van der Waals surface area contributed by atoms with E-state index in [2.05, 4.69) is 25.8 Å². The van der Waals surface area contributed by atoms with E-state index in [-0.39, 0.29) is 26.5 Å². The largest absolute Gasteiger partial charge is 2.00 e. The summed E-state index contributed by atoms with van der Waals surface area (Å²) in [7, 11) is 2.08. The molecule has 0 bridgehead atoms. The fourth-order valence-electron chi connectivity index (χ4n) is 1.10. The summed E-state index contributed by atoms with van der Waals surface area (Å²) in [4.78, 5) is 2.21. The van der Waals surface area contributed by atoms with E-state index < -0.39 is 0 Å². The minimum atomic E-state index is 0. The van der Waals surface area contributed by atoms with E-state index in [0.29, 0.717) is 0 Å². The van der Waals surface area contributed by atoms with Crippen LogP contribution in [0.3, 0.4) is 0 Å². The predicted octanol–water partition coefficient (Wildman–Crippen LogP) is 0.584. The first-order valence-corrected chi connectivity index (χ1v) is 2.49. The molecule has 1 saturated heterocycles. The molecule has 1 fully saturated rings. The Morgan fingerprint density at radius 3 is 1.75 bits per heavy atom. The van der Waals surface area contributed by atoms with Crippen LogP contribution in [0, 0.1) is 19.3 Å². The van der Waals surface area contributed by atoms with Crippen molar-refractivity contribution in [3.05, 3.63) is 13.8 Å². The van der Waals surface area contributed by atoms with Crippen molar-refractivity contribution in [2.24, 2.45) is 5.41 Å². The Hall–Kier alpha value is 0.648. The molecular formula is C6H11NW. The molecule has 0 amide bonds. The quantitative estimate of drug-likeness (QED) is 0.587. The van der Waals surface area contributed by atoms with E-state index in [1.165, 1.54) is 0 Å². The van der Waals surface area contributed by atoms with Gasteiger partial charge >= 0.3 is 21.1 Å². The predicted molar refractivity (Wildman–Crippen MR) is 30.6 cm³/mol. The van der Waals surface area contributed by atoms with Gasteiger partial charge in [0.15, 0.2) is 0 Å². The minimum absolute atomic E-state index is 0. The zero-order valence-corrected chi connectivity index (χ0v) is 8.12. The first-order valence-electron chi connectivity index (χ1n) is 2.49. The number of nitrogens with zero attached hydrogens (tertiary/aromatic N) is 1. The maximum absolute atomic E-state index is 3.87. The van der Waals surface area contributed by atoms with E-state index >= 15 is 0 Å². The maximum Gasteiger partial charge on any atom is 2.00 e. The van der Waals surface area contributed by atoms with Gasteiger partial charge < -0.3 is 18.7 Å². The van der Waals surface area contributed by atoms with Crippen molar-refractivity contribution >= 4 is 0 Å². The third-order valence-electron chi connectivity index (χ3n) is 1.21. The Balaban J connectivity index is 0.000000490. The van der Waals surface area contributed by atoms with Crippen LogP contribution in [0.15, 0.2) is 0 Å². The molecule has 46 valence electrons. The molecule has 0 spiro atoms. The maximum atomic E-state index is 3.87. The molecule has 1 nitrogen and oxygen atoms in total. The second-order valence-corrected chi connectivity index (χ2v) is 2.67. The van der Waals surface area contributed by atoms with Crippen LogP contribution in [-0.2, 0) is 21.1 Å². The van der Waals surface area contributed by atoms with Crippen LogP contribution in [0.5, 0.6) is 0 Å². The first kappa shape index (κ1) is 8.65. The Bertz CT molecular complexity index is 72.6. The van der Waals surface area contributed by atoms with Crippen molar-refractivity contribution in [1.82, 2.24) is 4.90 Å². The summed E-state index contributed by atoms with van der Waals surface area (Å²) in [5.74, 6) is 0. The third kappa shape index (κ3) is 1.87. The SMILES string of the molecule is [CH2-]C1([CH2-])CN(C)C1.[W+2]. The van der Waals surface area contributed by atoms with Crippen LogP contribution >= 0.6 is 0 Å². The van der Waals surface area contributed by atoms with Gasteiger partial charge in [-0.3, -0.25) is 5.41 Å². The van der Waals surface area contributed by atoms with Gasteiger partial charge in [0.1, 0.15) is 0 Å². The molecule has 1 rings (SSSR count). The second kappa shape index (κ2) is 2.49. The van der Waals surface area contributed by atoms with Gasteiger partial charge in [-0.05, 0) is 20.1 Å². The Morgan fingerprint density at radius 2 is 1.75 bits per heavy atom. The van der Waals surface area contributed by atoms with Gasteiger partial charge in [-0.25, -0.2) is 0 Å². The molecule has 0 atom stereocenters. The van der Waals surface area contributed by atoms with Gasteiger partial charge in [0.05, 0.1) is 0 Å². The topological polar surface area (TPSA) is 3.24 Å². The summed E-state index contributed by atoms with van der Waals surface area (Å²) in [5, 5.41) is 0. The zero-order valence-electron chi connectivity index (χ0n) is 5.18. The molecular weight excluding hydrogens is 270 g/mol. The van der Waals surface area contributed by atoms with E-state index in [1.807, 2.05) is 0 Å². The van der Waals surface area contributed by atoms with E-state index in [4.69, 9.17) is 0 Å². The van der Waals surface area contributed by atoms with Crippen molar-refractivity contribution in [3.63, 3.8) is 0 Å². The van der Waals surface area contributed by atoms with Crippen LogP contribution < -0.4 is 0 Å². The molecule has 0 N–H and O–H groups in total. The molecule has 1 aliphatic heterocycles. The standard InChI is InChI=1S/C6H11N.W/c1-6(2)4-7(3)5-6;/h1-2,4-5H2,3H3;/q-2;+2. The fraction of sp³-hybridized carbons (Fsp3) is 0.667. The van der Waals surface area contributed by atoms with Gasteiger partial charge in [-0.15, -0.1) is 0 Å². The van der Waals surface area contributed by atoms with Gasteiger partial charge in [-0.2, -0.15) is 0 Å². The summed E-state index contributed by atoms with van der Waals surface area (Å²) in [6, 6.07) is 0. The van der Waals surface area contributed by atoms with Crippen LogP contribution in [0.25, 0.3) is 0 Å². The zero-order chi connectivity index (χ0) is 5.49. The van der Waals surface area contributed by atoms with Crippen molar-refractivity contribution in [3.8, 4) is 0 Å². The summed E-state index contributed by atoms with van der Waals surface area (Å²) in [5.41, 5.74) is 0.120. The fourth-order valence-corrected chi connectivity index (χ4v) is 1.10. The molecule has 1 aliphatic rings. The number of rotatable bonds is 0. The Morgan fingerprint density at radius 1 is 1.38 bits per heavy atom. The smallest absolute Gasteiger partial charge is 0.364 e. The molecule has 0 saturated carbocycles. The minimum Gasteiger partial charge on any atom is -0.364 e. The molecule has 0 aromatic rings. The first-order chi connectivity index (χ1) is 3.10. The molecule has 0 aromatic carbocycles. The number of likely N-dealkylation sites (tertiary alicyclic amines) is 1. The molecule has 0 radical (unpaired) electrons. The average Bonchev–Trinajstić information content (AvgIpc) is 1.27. The van der Waals surface area contributed by atoms with Crippen molar-refractivity contribution in [2.75, 3.05) is 20.1 Å². The summed E-state index contributed by atoms with van der Waals surface area (Å²) in [6.07, 6.45) is 0. The molecule has 2 heteroatoms. The van der Waals surface area contributed by atoms with Gasteiger partial charge in [0.2, 0.25) is 0 Å². The van der Waals surface area contributed by atoms with E-state index in [0.717, 1.165) is 13.1 Å². The van der Waals surface area contributed by atoms with E-state index in [9.17, 15) is 0 Å². The van der Waals surface area contributed by atoms with Crippen LogP contribution in [0.2, 0.25) is 0 Å². The second-order valence-electron chi connectivity index (χ2n) is 2.67. The summed E-state index contributed by atoms with van der Waals surface area (Å²) < 4.78 is 0. The van der Waals surface area contributed by atoms with Gasteiger partial charge in [0, 0.05) is 0 Å². The van der Waals surface area contributed by atoms with Crippen molar-refractivity contribution < 1.29 is 21.1 Å². The molecule has 0 aliphatic carbocycles. The number of hydrogen-bond donors (Lipinski definition) is 0. The Labute approximate surface area is 65.7 Å². The van der Waals surface area contributed by atoms with Crippen LogP contribution in [0.1, 0.15) is 0 Å². The summed E-state index contributed by atoms with van der Waals surface area (Å²) in [6.45, 7) is 9.84. The summed E-state index contributed by atoms with van der Waals surface area (Å²) >= 11 is 0. The van der Waals surface area contributed by atoms with Crippen LogP contribution in [0.4, 0.5) is 0 Å². The third-order valence-corrected chi connectivity index (χ3v) is 1.21. The van der Waals surface area contributed by atoms with Gasteiger partial charge in [-0.1, -0.05) is 0 Å². The molecule has 1 heterocycles. The Kier molecular flexibility index (Phi) is 2.69. The average molecular weight is 281 g/mol. The molecule has 0 aromatic heterocycles. The van der Waals surface area contributed by atoms with Gasteiger partial charge in [0.25, 0.3) is 0 Å². The van der Waals surface area contributed by atoms with Crippen molar-refractivity contribution in [1.29, 1.82) is 0 Å². The monoisotopic (exact) mass is 281 g/mol. The van der Waals surface area contributed by atoms with E-state index in [1.54, 1.807) is 0 Å². The molecule has 8 heavy (non-hydrogen) atoms. The normalized spacial score (nSPS) is 25.9. The van der Waals surface area contributed by atoms with Crippen molar-refractivity contribution in [2.45, 2.75) is 0 Å².